The molecule has 3 N–H and O–H groups in total. The van der Waals surface area contributed by atoms with Gasteiger partial charge >= 0.3 is 6.18 Å². The van der Waals surface area contributed by atoms with Crippen LogP contribution in [-0.4, -0.2) is 21.8 Å². The molecule has 28 heavy (non-hydrogen) atoms. The fourth-order valence-electron chi connectivity index (χ4n) is 2.78. The third kappa shape index (κ3) is 4.27. The van der Waals surface area contributed by atoms with Crippen molar-refractivity contribution in [1.82, 2.24) is 4.98 Å². The van der Waals surface area contributed by atoms with Gasteiger partial charge < -0.3 is 11.1 Å². The number of pyridine rings is 1. The molecule has 1 atom stereocenters. The molecule has 1 aromatic carbocycles. The number of amidine groups is 1. The Bertz CT molecular complexity index is 947. The molecule has 1 aliphatic rings. The number of halogens is 4. The molecule has 1 aromatic heterocycles. The number of hydrogen-bond donors (Lipinski definition) is 2. The van der Waals surface area contributed by atoms with Crippen LogP contribution in [0, 0.1) is 5.82 Å². The van der Waals surface area contributed by atoms with Crippen molar-refractivity contribution in [2.75, 3.05) is 11.1 Å². The van der Waals surface area contributed by atoms with E-state index < -0.39 is 34.7 Å². The van der Waals surface area contributed by atoms with Crippen LogP contribution in [0.1, 0.15) is 35.0 Å². The molecule has 1 amide bonds. The second-order valence-corrected chi connectivity index (χ2v) is 7.52. The van der Waals surface area contributed by atoms with Gasteiger partial charge in [0, 0.05) is 17.6 Å². The highest BCUT2D eigenvalue weighted by Crippen LogP contribution is 2.36. The summed E-state index contributed by atoms with van der Waals surface area (Å²) >= 11 is 1.46. The predicted molar refractivity (Wildman–Crippen MR) is 99.6 cm³/mol. The fourth-order valence-corrected chi connectivity index (χ4v) is 3.75. The van der Waals surface area contributed by atoms with Crippen LogP contribution < -0.4 is 11.1 Å². The molecule has 0 radical (unpaired) electrons. The maximum atomic E-state index is 14.0. The van der Waals surface area contributed by atoms with Crippen LogP contribution in [0.15, 0.2) is 41.5 Å². The smallest absolute Gasteiger partial charge is 0.379 e. The average Bonchev–Trinajstić information content (AvgIpc) is 2.61. The fraction of sp³-hybridized carbons (Fsp3) is 0.278. The van der Waals surface area contributed by atoms with Gasteiger partial charge in [-0.1, -0.05) is 23.9 Å². The van der Waals surface area contributed by atoms with Gasteiger partial charge in [-0.2, -0.15) is 13.2 Å². The minimum atomic E-state index is -4.74. The summed E-state index contributed by atoms with van der Waals surface area (Å²) in [5.41, 5.74) is 4.41. The molecular formula is C18H16F4N4OS. The van der Waals surface area contributed by atoms with E-state index in [4.69, 9.17) is 5.73 Å². The van der Waals surface area contributed by atoms with Gasteiger partial charge in [0.1, 0.15) is 0 Å². The molecule has 0 saturated heterocycles. The summed E-state index contributed by atoms with van der Waals surface area (Å²) in [6.45, 7) is 1.91. The molecular weight excluding hydrogens is 396 g/mol. The summed E-state index contributed by atoms with van der Waals surface area (Å²) in [6.07, 6.45) is -3.58. The predicted octanol–water partition coefficient (Wildman–Crippen LogP) is 4.16. The van der Waals surface area contributed by atoms with Gasteiger partial charge in [-0.05, 0) is 37.1 Å². The molecule has 5 nitrogen and oxygen atoms in total. The van der Waals surface area contributed by atoms with Gasteiger partial charge in [-0.15, -0.1) is 0 Å². The zero-order chi connectivity index (χ0) is 20.5. The largest absolute Gasteiger partial charge is 0.417 e. The number of alkyl halides is 3. The zero-order valence-corrected chi connectivity index (χ0v) is 15.5. The minimum Gasteiger partial charge on any atom is -0.379 e. The Balaban J connectivity index is 1.83. The van der Waals surface area contributed by atoms with E-state index in [9.17, 15) is 22.4 Å². The third-order valence-corrected chi connectivity index (χ3v) is 5.12. The first-order chi connectivity index (χ1) is 13.1. The Labute approximate surface area is 162 Å². The molecule has 1 aliphatic heterocycles. The molecule has 2 aromatic rings. The van der Waals surface area contributed by atoms with Crippen LogP contribution in [0.25, 0.3) is 0 Å². The maximum Gasteiger partial charge on any atom is 0.417 e. The standard InChI is InChI=1S/C18H16F4N4OS/c1-17(5-6-28-16(23)26-17)10-3-2-4-12(7-10)25-15(27)14-13(19)8-11(9-24-14)18(20,21)22/h2-4,7-9H,5-6H2,1H3,(H2,23,26)(H,25,27). The number of aliphatic imine (C=N–C) groups is 1. The van der Waals surface area contributed by atoms with E-state index in [2.05, 4.69) is 15.3 Å². The topological polar surface area (TPSA) is 80.4 Å². The van der Waals surface area contributed by atoms with Crippen molar-refractivity contribution in [3.63, 3.8) is 0 Å². The molecule has 0 spiro atoms. The number of carbonyl (C=O) groups excluding carboxylic acids is 1. The summed E-state index contributed by atoms with van der Waals surface area (Å²) in [5, 5.41) is 2.93. The molecule has 0 bridgehead atoms. The Hall–Kier alpha value is -2.62. The number of rotatable bonds is 3. The number of anilines is 1. The van der Waals surface area contributed by atoms with Crippen molar-refractivity contribution >= 4 is 28.5 Å². The summed E-state index contributed by atoms with van der Waals surface area (Å²) in [7, 11) is 0. The zero-order valence-electron chi connectivity index (χ0n) is 14.7. The first-order valence-corrected chi connectivity index (χ1v) is 9.20. The number of aromatic nitrogens is 1. The van der Waals surface area contributed by atoms with E-state index in [1.165, 1.54) is 11.8 Å². The highest BCUT2D eigenvalue weighted by atomic mass is 32.2. The Kier molecular flexibility index (Phi) is 5.33. The highest BCUT2D eigenvalue weighted by Gasteiger charge is 2.33. The summed E-state index contributed by atoms with van der Waals surface area (Å²) in [5.74, 6) is -1.50. The van der Waals surface area contributed by atoms with E-state index in [0.29, 0.717) is 17.1 Å². The van der Waals surface area contributed by atoms with Crippen LogP contribution in [0.4, 0.5) is 23.2 Å². The lowest BCUT2D eigenvalue weighted by atomic mass is 9.89. The van der Waals surface area contributed by atoms with Crippen LogP contribution in [0.2, 0.25) is 0 Å². The highest BCUT2D eigenvalue weighted by molar-refractivity contribution is 8.13. The van der Waals surface area contributed by atoms with Gasteiger partial charge in [0.05, 0.1) is 11.1 Å². The quantitative estimate of drug-likeness (QED) is 0.742. The summed E-state index contributed by atoms with van der Waals surface area (Å²) in [6, 6.07) is 7.03. The van der Waals surface area contributed by atoms with Gasteiger partial charge in [0.15, 0.2) is 16.7 Å². The number of thioether (sulfide) groups is 1. The monoisotopic (exact) mass is 412 g/mol. The van der Waals surface area contributed by atoms with Gasteiger partial charge in [0.2, 0.25) is 0 Å². The summed E-state index contributed by atoms with van der Waals surface area (Å²) in [4.78, 5) is 20.1. The van der Waals surface area contributed by atoms with E-state index in [0.717, 1.165) is 17.7 Å². The van der Waals surface area contributed by atoms with Crippen LogP contribution >= 0.6 is 11.8 Å². The van der Waals surface area contributed by atoms with Crippen molar-refractivity contribution in [2.45, 2.75) is 25.1 Å². The SMILES string of the molecule is CC1(c2cccc(NC(=O)c3ncc(C(F)(F)F)cc3F)c2)CCSC(N)=N1. The summed E-state index contributed by atoms with van der Waals surface area (Å²) < 4.78 is 51.8. The van der Waals surface area contributed by atoms with E-state index >= 15 is 0 Å². The lowest BCUT2D eigenvalue weighted by Crippen LogP contribution is -2.28. The number of hydrogen-bond acceptors (Lipinski definition) is 5. The number of amides is 1. The van der Waals surface area contributed by atoms with Crippen molar-refractivity contribution < 1.29 is 22.4 Å². The normalized spacial score (nSPS) is 19.8. The minimum absolute atomic E-state index is 0.247. The van der Waals surface area contributed by atoms with Crippen molar-refractivity contribution in [1.29, 1.82) is 0 Å². The lowest BCUT2D eigenvalue weighted by molar-refractivity contribution is -0.138. The second kappa shape index (κ2) is 7.42. The number of nitrogens with two attached hydrogens (primary N) is 1. The number of carbonyl (C=O) groups is 1. The van der Waals surface area contributed by atoms with E-state index in [1.807, 2.05) is 13.0 Å². The molecule has 0 fully saturated rings. The van der Waals surface area contributed by atoms with Gasteiger partial charge in [0.25, 0.3) is 5.91 Å². The molecule has 1 unspecified atom stereocenters. The third-order valence-electron chi connectivity index (χ3n) is 4.32. The molecule has 3 rings (SSSR count). The molecule has 0 aliphatic carbocycles. The van der Waals surface area contributed by atoms with Crippen LogP contribution in [-0.2, 0) is 11.7 Å². The van der Waals surface area contributed by atoms with Crippen molar-refractivity contribution in [3.05, 3.63) is 59.2 Å². The lowest BCUT2D eigenvalue weighted by Gasteiger charge is -2.30. The number of benzene rings is 1. The number of nitrogens with one attached hydrogen (secondary N) is 1. The Morgan fingerprint density at radius 1 is 1.32 bits per heavy atom. The first kappa shape index (κ1) is 20.1. The van der Waals surface area contributed by atoms with Crippen LogP contribution in [0.3, 0.4) is 0 Å². The number of nitrogens with zero attached hydrogens (tertiary/aromatic N) is 2. The van der Waals surface area contributed by atoms with Gasteiger partial charge in [-0.25, -0.2) is 9.37 Å². The molecule has 10 heteroatoms. The van der Waals surface area contributed by atoms with Crippen LogP contribution in [0.5, 0.6) is 0 Å². The molecule has 148 valence electrons. The first-order valence-electron chi connectivity index (χ1n) is 8.21. The second-order valence-electron chi connectivity index (χ2n) is 6.41. The van der Waals surface area contributed by atoms with E-state index in [1.54, 1.807) is 18.2 Å². The van der Waals surface area contributed by atoms with Crippen molar-refractivity contribution in [2.24, 2.45) is 10.7 Å². The molecule has 0 saturated carbocycles. The van der Waals surface area contributed by atoms with E-state index in [-0.39, 0.29) is 6.07 Å². The molecule has 2 heterocycles. The average molecular weight is 412 g/mol. The van der Waals surface area contributed by atoms with Crippen molar-refractivity contribution in [3.8, 4) is 0 Å². The Morgan fingerprint density at radius 3 is 2.71 bits per heavy atom. The Morgan fingerprint density at radius 2 is 2.07 bits per heavy atom. The van der Waals surface area contributed by atoms with Gasteiger partial charge in [-0.3, -0.25) is 9.79 Å². The maximum absolute atomic E-state index is 14.0.